The lowest BCUT2D eigenvalue weighted by atomic mass is 9.93. The molecule has 2 unspecified atom stereocenters. The maximum absolute atomic E-state index is 13.6. The fraction of sp³-hybridized carbons (Fsp3) is 0.455. The summed E-state index contributed by atoms with van der Waals surface area (Å²) in [6.07, 6.45) is 0. The number of fused-ring (bicyclic) bond motifs is 1. The maximum atomic E-state index is 13.6. The van der Waals surface area contributed by atoms with Gasteiger partial charge in [-0.05, 0) is 29.4 Å². The van der Waals surface area contributed by atoms with Crippen molar-refractivity contribution in [2.75, 3.05) is 5.75 Å². The van der Waals surface area contributed by atoms with E-state index < -0.39 is 0 Å². The quantitative estimate of drug-likeness (QED) is 0.759. The van der Waals surface area contributed by atoms with Crippen LogP contribution in [-0.4, -0.2) is 5.75 Å². The van der Waals surface area contributed by atoms with Gasteiger partial charge in [-0.15, -0.1) is 0 Å². The van der Waals surface area contributed by atoms with E-state index in [4.69, 9.17) is 17.3 Å². The Morgan fingerprint density at radius 3 is 3.00 bits per heavy atom. The average Bonchev–Trinajstić information content (AvgIpc) is 2.35. The highest BCUT2D eigenvalue weighted by Gasteiger charge is 2.26. The zero-order valence-corrected chi connectivity index (χ0v) is 10.0. The van der Waals surface area contributed by atoms with Crippen LogP contribution >= 0.6 is 23.4 Å². The highest BCUT2D eigenvalue weighted by atomic mass is 35.5. The Hall–Kier alpha value is -0.250. The van der Waals surface area contributed by atoms with Crippen LogP contribution in [0.3, 0.4) is 0 Å². The lowest BCUT2D eigenvalue weighted by Gasteiger charge is -2.19. The van der Waals surface area contributed by atoms with Gasteiger partial charge in [-0.25, -0.2) is 4.39 Å². The third kappa shape index (κ3) is 2.01. The number of thioether (sulfide) groups is 1. The van der Waals surface area contributed by atoms with Crippen LogP contribution in [0.2, 0.25) is 5.02 Å². The van der Waals surface area contributed by atoms with E-state index in [2.05, 4.69) is 6.92 Å². The molecule has 1 aliphatic heterocycles. The minimum Gasteiger partial charge on any atom is -0.324 e. The molecule has 2 rings (SSSR count). The van der Waals surface area contributed by atoms with Crippen molar-refractivity contribution in [1.29, 1.82) is 0 Å². The SMILES string of the molecule is CC1CSCc2c(F)ccc(Cl)c2C1N. The molecule has 2 atom stereocenters. The first-order valence-electron chi connectivity index (χ1n) is 4.91. The summed E-state index contributed by atoms with van der Waals surface area (Å²) in [5, 5.41) is 0.591. The predicted octanol–water partition coefficient (Wildman–Crippen LogP) is 3.36. The molecule has 82 valence electrons. The fourth-order valence-electron chi connectivity index (χ4n) is 1.85. The van der Waals surface area contributed by atoms with Crippen molar-refractivity contribution in [2.45, 2.75) is 18.7 Å². The van der Waals surface area contributed by atoms with Gasteiger partial charge in [0.2, 0.25) is 0 Å². The van der Waals surface area contributed by atoms with E-state index in [-0.39, 0.29) is 11.9 Å². The second-order valence-electron chi connectivity index (χ2n) is 3.94. The zero-order chi connectivity index (χ0) is 11.0. The van der Waals surface area contributed by atoms with Crippen LogP contribution in [0.5, 0.6) is 0 Å². The van der Waals surface area contributed by atoms with Crippen molar-refractivity contribution >= 4 is 23.4 Å². The molecule has 4 heteroatoms. The summed E-state index contributed by atoms with van der Waals surface area (Å²) in [7, 11) is 0. The molecule has 1 aromatic carbocycles. The van der Waals surface area contributed by atoms with Gasteiger partial charge in [0.15, 0.2) is 0 Å². The summed E-state index contributed by atoms with van der Waals surface area (Å²) in [4.78, 5) is 0. The van der Waals surface area contributed by atoms with Crippen LogP contribution in [0.1, 0.15) is 24.1 Å². The largest absolute Gasteiger partial charge is 0.324 e. The van der Waals surface area contributed by atoms with E-state index in [9.17, 15) is 4.39 Å². The molecule has 1 nitrogen and oxygen atoms in total. The van der Waals surface area contributed by atoms with Gasteiger partial charge in [0.05, 0.1) is 0 Å². The highest BCUT2D eigenvalue weighted by molar-refractivity contribution is 7.98. The van der Waals surface area contributed by atoms with E-state index in [0.29, 0.717) is 22.3 Å². The van der Waals surface area contributed by atoms with E-state index in [1.807, 2.05) is 0 Å². The van der Waals surface area contributed by atoms with Gasteiger partial charge in [-0.3, -0.25) is 0 Å². The van der Waals surface area contributed by atoms with Gasteiger partial charge in [0.25, 0.3) is 0 Å². The number of hydrogen-bond acceptors (Lipinski definition) is 2. The molecule has 0 radical (unpaired) electrons. The number of halogens is 2. The molecule has 0 fully saturated rings. The van der Waals surface area contributed by atoms with Crippen LogP contribution in [0.15, 0.2) is 12.1 Å². The maximum Gasteiger partial charge on any atom is 0.127 e. The molecule has 0 aromatic heterocycles. The first-order valence-corrected chi connectivity index (χ1v) is 6.44. The Balaban J connectivity index is 2.57. The Morgan fingerprint density at radius 1 is 1.53 bits per heavy atom. The van der Waals surface area contributed by atoms with Crippen molar-refractivity contribution in [3.8, 4) is 0 Å². The van der Waals surface area contributed by atoms with Crippen molar-refractivity contribution in [3.63, 3.8) is 0 Å². The Labute approximate surface area is 98.2 Å². The molecule has 2 N–H and O–H groups in total. The first-order chi connectivity index (χ1) is 7.11. The minimum absolute atomic E-state index is 0.154. The summed E-state index contributed by atoms with van der Waals surface area (Å²) in [6, 6.07) is 2.86. The smallest absolute Gasteiger partial charge is 0.127 e. The third-order valence-corrected chi connectivity index (χ3v) is 4.40. The standard InChI is InChI=1S/C11H13ClFNS/c1-6-4-15-5-7-9(13)3-2-8(12)10(7)11(6)14/h2-3,6,11H,4-5,14H2,1H3. The van der Waals surface area contributed by atoms with Crippen molar-refractivity contribution in [1.82, 2.24) is 0 Å². The summed E-state index contributed by atoms with van der Waals surface area (Å²) in [5.41, 5.74) is 7.58. The van der Waals surface area contributed by atoms with Gasteiger partial charge in [0.1, 0.15) is 5.82 Å². The summed E-state index contributed by atoms with van der Waals surface area (Å²) >= 11 is 7.81. The zero-order valence-electron chi connectivity index (χ0n) is 8.47. The molecular formula is C11H13ClFNS. The van der Waals surface area contributed by atoms with Gasteiger partial charge in [-0.1, -0.05) is 18.5 Å². The Bertz CT molecular complexity index is 383. The molecule has 0 bridgehead atoms. The number of nitrogens with two attached hydrogens (primary N) is 1. The number of benzene rings is 1. The molecule has 1 heterocycles. The van der Waals surface area contributed by atoms with E-state index in [0.717, 1.165) is 11.3 Å². The highest BCUT2D eigenvalue weighted by Crippen LogP contribution is 2.37. The van der Waals surface area contributed by atoms with Gasteiger partial charge in [0, 0.05) is 22.4 Å². The molecule has 0 amide bonds. The molecular weight excluding hydrogens is 233 g/mol. The van der Waals surface area contributed by atoms with E-state index in [1.165, 1.54) is 6.07 Å². The monoisotopic (exact) mass is 245 g/mol. The van der Waals surface area contributed by atoms with Crippen LogP contribution < -0.4 is 5.73 Å². The molecule has 0 spiro atoms. The lowest BCUT2D eigenvalue weighted by molar-refractivity contribution is 0.518. The number of rotatable bonds is 0. The molecule has 0 aliphatic carbocycles. The summed E-state index contributed by atoms with van der Waals surface area (Å²) in [6.45, 7) is 2.08. The summed E-state index contributed by atoms with van der Waals surface area (Å²) < 4.78 is 13.6. The second-order valence-corrected chi connectivity index (χ2v) is 5.38. The van der Waals surface area contributed by atoms with Crippen LogP contribution in [-0.2, 0) is 5.75 Å². The predicted molar refractivity (Wildman–Crippen MR) is 63.7 cm³/mol. The Morgan fingerprint density at radius 2 is 2.27 bits per heavy atom. The van der Waals surface area contributed by atoms with Crippen LogP contribution in [0.4, 0.5) is 4.39 Å². The van der Waals surface area contributed by atoms with Gasteiger partial charge >= 0.3 is 0 Å². The van der Waals surface area contributed by atoms with E-state index in [1.54, 1.807) is 17.8 Å². The molecule has 15 heavy (non-hydrogen) atoms. The molecule has 0 saturated heterocycles. The topological polar surface area (TPSA) is 26.0 Å². The minimum atomic E-state index is -0.188. The van der Waals surface area contributed by atoms with Gasteiger partial charge < -0.3 is 5.73 Å². The molecule has 1 aliphatic rings. The Kier molecular flexibility index (Phi) is 3.24. The molecule has 1 aromatic rings. The average molecular weight is 246 g/mol. The van der Waals surface area contributed by atoms with Gasteiger partial charge in [-0.2, -0.15) is 11.8 Å². The number of hydrogen-bond donors (Lipinski definition) is 1. The van der Waals surface area contributed by atoms with E-state index >= 15 is 0 Å². The first kappa shape index (κ1) is 11.2. The van der Waals surface area contributed by atoms with Crippen molar-refractivity contribution < 1.29 is 4.39 Å². The lowest BCUT2D eigenvalue weighted by Crippen LogP contribution is -2.21. The summed E-state index contributed by atoms with van der Waals surface area (Å²) in [5.74, 6) is 1.76. The molecule has 0 saturated carbocycles. The second kappa shape index (κ2) is 4.32. The van der Waals surface area contributed by atoms with Crippen LogP contribution in [0, 0.1) is 11.7 Å². The normalized spacial score (nSPS) is 25.9. The van der Waals surface area contributed by atoms with Crippen molar-refractivity contribution in [2.24, 2.45) is 11.7 Å². The van der Waals surface area contributed by atoms with Crippen molar-refractivity contribution in [3.05, 3.63) is 34.1 Å². The van der Waals surface area contributed by atoms with Crippen LogP contribution in [0.25, 0.3) is 0 Å². The fourth-order valence-corrected chi connectivity index (χ4v) is 3.35. The third-order valence-electron chi connectivity index (χ3n) is 2.82.